The predicted octanol–water partition coefficient (Wildman–Crippen LogP) is 2.91. The van der Waals surface area contributed by atoms with Gasteiger partial charge in [-0.25, -0.2) is 4.98 Å². The van der Waals surface area contributed by atoms with E-state index in [4.69, 9.17) is 9.72 Å². The van der Waals surface area contributed by atoms with Crippen molar-refractivity contribution in [2.24, 2.45) is 0 Å². The molecule has 3 rings (SSSR count). The summed E-state index contributed by atoms with van der Waals surface area (Å²) in [6.45, 7) is 6.69. The molecule has 3 heterocycles. The van der Waals surface area contributed by atoms with Gasteiger partial charge >= 0.3 is 0 Å². The summed E-state index contributed by atoms with van der Waals surface area (Å²) < 4.78 is 5.52. The largest absolute Gasteiger partial charge is 0.379 e. The van der Waals surface area contributed by atoms with Gasteiger partial charge in [0.2, 0.25) is 5.95 Å². The van der Waals surface area contributed by atoms with Crippen LogP contribution in [0, 0.1) is 0 Å². The average Bonchev–Trinajstić information content (AvgIpc) is 3.14. The molecule has 114 valence electrons. The van der Waals surface area contributed by atoms with Crippen LogP contribution in [-0.2, 0) is 11.2 Å². The predicted molar refractivity (Wildman–Crippen MR) is 88.6 cm³/mol. The molecule has 2 aromatic heterocycles. The number of aryl methyl sites for hydroxylation is 1. The molecule has 1 aliphatic rings. The molecule has 0 saturated carbocycles. The lowest BCUT2D eigenvalue weighted by Gasteiger charge is -2.25. The van der Waals surface area contributed by atoms with Crippen LogP contribution in [0.15, 0.2) is 6.07 Å². The Balaban J connectivity index is 2.06. The molecule has 1 aliphatic heterocycles. The van der Waals surface area contributed by atoms with Crippen molar-refractivity contribution >= 4 is 33.3 Å². The normalized spacial score (nSPS) is 18.3. The number of nitrogens with zero attached hydrogens (tertiary/aromatic N) is 3. The molecule has 0 radical (unpaired) electrons. The zero-order valence-electron chi connectivity index (χ0n) is 12.8. The molecule has 1 atom stereocenters. The van der Waals surface area contributed by atoms with E-state index in [1.165, 1.54) is 4.88 Å². The Morgan fingerprint density at radius 1 is 1.43 bits per heavy atom. The highest BCUT2D eigenvalue weighted by molar-refractivity contribution is 7.18. The van der Waals surface area contributed by atoms with E-state index in [1.807, 2.05) is 0 Å². The van der Waals surface area contributed by atoms with Gasteiger partial charge in [0.1, 0.15) is 10.6 Å². The van der Waals surface area contributed by atoms with Crippen LogP contribution in [0.2, 0.25) is 0 Å². The van der Waals surface area contributed by atoms with Crippen LogP contribution < -0.4 is 10.2 Å². The van der Waals surface area contributed by atoms with E-state index in [9.17, 15) is 0 Å². The van der Waals surface area contributed by atoms with Crippen LogP contribution in [0.1, 0.15) is 25.1 Å². The van der Waals surface area contributed by atoms with Crippen LogP contribution in [-0.4, -0.2) is 42.8 Å². The van der Waals surface area contributed by atoms with Crippen LogP contribution in [0.25, 0.3) is 10.2 Å². The van der Waals surface area contributed by atoms with Crippen LogP contribution in [0.4, 0.5) is 11.8 Å². The molecular weight excluding hydrogens is 284 g/mol. The first-order valence-electron chi connectivity index (χ1n) is 7.57. The van der Waals surface area contributed by atoms with Gasteiger partial charge < -0.3 is 15.0 Å². The minimum absolute atomic E-state index is 0.405. The zero-order valence-corrected chi connectivity index (χ0v) is 13.7. The zero-order chi connectivity index (χ0) is 14.8. The van der Waals surface area contributed by atoms with Gasteiger partial charge in [-0.1, -0.05) is 6.92 Å². The molecular formula is C15H22N4OS. The highest BCUT2D eigenvalue weighted by Crippen LogP contribution is 2.33. The second-order valence-electron chi connectivity index (χ2n) is 5.31. The van der Waals surface area contributed by atoms with Gasteiger partial charge in [-0.05, 0) is 25.8 Å². The van der Waals surface area contributed by atoms with Gasteiger partial charge in [0, 0.05) is 25.1 Å². The van der Waals surface area contributed by atoms with Crippen molar-refractivity contribution in [3.8, 4) is 0 Å². The van der Waals surface area contributed by atoms with Crippen molar-refractivity contribution in [1.82, 2.24) is 9.97 Å². The second kappa shape index (κ2) is 6.15. The van der Waals surface area contributed by atoms with Crippen molar-refractivity contribution in [3.63, 3.8) is 0 Å². The summed E-state index contributed by atoms with van der Waals surface area (Å²) >= 11 is 1.76. The van der Waals surface area contributed by atoms with Crippen molar-refractivity contribution in [2.75, 3.05) is 37.0 Å². The molecule has 0 bridgehead atoms. The molecule has 0 spiro atoms. The number of anilines is 2. The fourth-order valence-electron chi connectivity index (χ4n) is 2.64. The number of rotatable bonds is 5. The van der Waals surface area contributed by atoms with Crippen molar-refractivity contribution in [1.29, 1.82) is 0 Å². The van der Waals surface area contributed by atoms with E-state index in [2.05, 4.69) is 42.2 Å². The van der Waals surface area contributed by atoms with Gasteiger partial charge in [-0.15, -0.1) is 11.3 Å². The van der Waals surface area contributed by atoms with E-state index in [0.29, 0.717) is 6.04 Å². The summed E-state index contributed by atoms with van der Waals surface area (Å²) in [6, 6.07) is 2.64. The van der Waals surface area contributed by atoms with Crippen molar-refractivity contribution < 1.29 is 4.74 Å². The standard InChI is InChI=1S/C15H22N4OS/c1-4-11-8-12-13(19(3)10-6-7-20-9-10)17-15(16-5-2)18-14(12)21-11/h8,10H,4-7,9H2,1-3H3,(H,16,17,18). The van der Waals surface area contributed by atoms with Gasteiger partial charge in [-0.2, -0.15) is 4.98 Å². The van der Waals surface area contributed by atoms with Crippen molar-refractivity contribution in [2.45, 2.75) is 32.7 Å². The molecule has 21 heavy (non-hydrogen) atoms. The lowest BCUT2D eigenvalue weighted by atomic mass is 10.2. The van der Waals surface area contributed by atoms with Crippen molar-refractivity contribution in [3.05, 3.63) is 10.9 Å². The second-order valence-corrected chi connectivity index (χ2v) is 6.43. The minimum atomic E-state index is 0.405. The molecule has 1 unspecified atom stereocenters. The highest BCUT2D eigenvalue weighted by Gasteiger charge is 2.24. The summed E-state index contributed by atoms with van der Waals surface area (Å²) in [5, 5.41) is 4.40. The SMILES string of the molecule is CCNc1nc(N(C)C2CCOC2)c2cc(CC)sc2n1. The summed E-state index contributed by atoms with van der Waals surface area (Å²) in [7, 11) is 2.11. The van der Waals surface area contributed by atoms with Crippen LogP contribution in [0.3, 0.4) is 0 Å². The Labute approximate surface area is 129 Å². The molecule has 5 nitrogen and oxygen atoms in total. The Morgan fingerprint density at radius 3 is 2.95 bits per heavy atom. The maximum atomic E-state index is 5.52. The summed E-state index contributed by atoms with van der Waals surface area (Å²) in [5.74, 6) is 1.73. The quantitative estimate of drug-likeness (QED) is 0.920. The van der Waals surface area contributed by atoms with Gasteiger partial charge in [-0.3, -0.25) is 0 Å². The van der Waals surface area contributed by atoms with Crippen LogP contribution >= 0.6 is 11.3 Å². The molecule has 1 fully saturated rings. The molecule has 2 aromatic rings. The third kappa shape index (κ3) is 2.82. The van der Waals surface area contributed by atoms with Crippen LogP contribution in [0.5, 0.6) is 0 Å². The number of aromatic nitrogens is 2. The number of hydrogen-bond donors (Lipinski definition) is 1. The van der Waals surface area contributed by atoms with Gasteiger partial charge in [0.25, 0.3) is 0 Å². The Bertz CT molecular complexity index is 621. The third-order valence-electron chi connectivity index (χ3n) is 3.89. The first-order valence-corrected chi connectivity index (χ1v) is 8.39. The summed E-state index contributed by atoms with van der Waals surface area (Å²) in [5.41, 5.74) is 0. The lowest BCUT2D eigenvalue weighted by Crippen LogP contribution is -2.32. The monoisotopic (exact) mass is 306 g/mol. The number of likely N-dealkylation sites (N-methyl/N-ethyl adjacent to an activating group) is 1. The molecule has 1 N–H and O–H groups in total. The lowest BCUT2D eigenvalue weighted by molar-refractivity contribution is 0.193. The van der Waals surface area contributed by atoms with E-state index in [0.717, 1.165) is 54.6 Å². The minimum Gasteiger partial charge on any atom is -0.379 e. The van der Waals surface area contributed by atoms with Gasteiger partial charge in [0.15, 0.2) is 0 Å². The topological polar surface area (TPSA) is 50.3 Å². The van der Waals surface area contributed by atoms with E-state index >= 15 is 0 Å². The third-order valence-corrected chi connectivity index (χ3v) is 5.07. The fourth-order valence-corrected chi connectivity index (χ4v) is 3.60. The average molecular weight is 306 g/mol. The number of hydrogen-bond acceptors (Lipinski definition) is 6. The molecule has 6 heteroatoms. The van der Waals surface area contributed by atoms with E-state index < -0.39 is 0 Å². The summed E-state index contributed by atoms with van der Waals surface area (Å²) in [4.78, 5) is 14.1. The maximum absolute atomic E-state index is 5.52. The van der Waals surface area contributed by atoms with E-state index in [1.54, 1.807) is 11.3 Å². The molecule has 0 aromatic carbocycles. The fraction of sp³-hybridized carbons (Fsp3) is 0.600. The van der Waals surface area contributed by atoms with E-state index in [-0.39, 0.29) is 0 Å². The smallest absolute Gasteiger partial charge is 0.226 e. The molecule has 1 saturated heterocycles. The number of fused-ring (bicyclic) bond motifs is 1. The maximum Gasteiger partial charge on any atom is 0.226 e. The molecule has 0 amide bonds. The Morgan fingerprint density at radius 2 is 2.29 bits per heavy atom. The number of thiophene rings is 1. The Hall–Kier alpha value is -1.40. The summed E-state index contributed by atoms with van der Waals surface area (Å²) in [6.07, 6.45) is 2.09. The highest BCUT2D eigenvalue weighted by atomic mass is 32.1. The first-order chi connectivity index (χ1) is 10.2. The van der Waals surface area contributed by atoms with Gasteiger partial charge in [0.05, 0.1) is 18.0 Å². The first kappa shape index (κ1) is 14.5. The molecule has 0 aliphatic carbocycles. The number of nitrogens with one attached hydrogen (secondary N) is 1. The Kier molecular flexibility index (Phi) is 4.26. The number of ether oxygens (including phenoxy) is 1.